The van der Waals surface area contributed by atoms with E-state index in [1.807, 2.05) is 0 Å². The van der Waals surface area contributed by atoms with Crippen molar-refractivity contribution in [2.45, 2.75) is 30.3 Å². The van der Waals surface area contributed by atoms with Gasteiger partial charge in [0.25, 0.3) is 0 Å². The van der Waals surface area contributed by atoms with E-state index in [1.165, 1.54) is 19.3 Å². The molecule has 1 heteroatoms. The van der Waals surface area contributed by atoms with Gasteiger partial charge in [0.2, 0.25) is 0 Å². The van der Waals surface area contributed by atoms with Crippen LogP contribution in [-0.2, 0) is 23.2 Å². The quantitative estimate of drug-likeness (QED) is 0.630. The monoisotopic (exact) mass is 212 g/mol. The molecule has 0 heterocycles. The molecule has 54 valence electrons. The Morgan fingerprint density at radius 1 is 1.60 bits per heavy atom. The van der Waals surface area contributed by atoms with Gasteiger partial charge < -0.3 is 0 Å². The Balaban J connectivity index is 2.04. The summed E-state index contributed by atoms with van der Waals surface area (Å²) in [6, 6.07) is 0. The summed E-state index contributed by atoms with van der Waals surface area (Å²) in [6.45, 7) is 2.28. The maximum atomic E-state index is 2.34. The third kappa shape index (κ3) is 2.97. The molecule has 0 saturated heterocycles. The molecular formula is C9H14Zr. The fourth-order valence-corrected chi connectivity index (χ4v) is 4.27. The molecule has 1 aliphatic carbocycles. The van der Waals surface area contributed by atoms with Crippen molar-refractivity contribution in [3.05, 3.63) is 21.5 Å². The molecular weight excluding hydrogens is 199 g/mol. The van der Waals surface area contributed by atoms with E-state index in [4.69, 9.17) is 0 Å². The van der Waals surface area contributed by atoms with Crippen molar-refractivity contribution < 1.29 is 23.2 Å². The molecule has 0 aromatic carbocycles. The Kier molecular flexibility index (Phi) is 4.29. The van der Waals surface area contributed by atoms with Crippen LogP contribution in [0, 0.1) is 0 Å². The van der Waals surface area contributed by atoms with E-state index in [1.54, 1.807) is 7.41 Å². The Morgan fingerprint density at radius 3 is 3.10 bits per heavy atom. The van der Waals surface area contributed by atoms with Crippen molar-refractivity contribution in [1.29, 1.82) is 0 Å². The number of hydrogen-bond acceptors (Lipinski definition) is 0. The zero-order valence-corrected chi connectivity index (χ0v) is 9.02. The Hall–Kier alpha value is 0.363. The van der Waals surface area contributed by atoms with Gasteiger partial charge >= 0.3 is 75.1 Å². The number of allylic oxidation sites excluding steroid dienone is 4. The Morgan fingerprint density at radius 2 is 2.50 bits per heavy atom. The normalized spacial score (nSPS) is 15.5. The van der Waals surface area contributed by atoms with Crippen molar-refractivity contribution in [2.24, 2.45) is 0 Å². The molecule has 0 amide bonds. The number of hydrogen-bond donors (Lipinski definition) is 0. The molecule has 0 aliphatic heterocycles. The van der Waals surface area contributed by atoms with Gasteiger partial charge in [-0.2, -0.15) is 0 Å². The second-order valence-corrected chi connectivity index (χ2v) is 6.28. The minimum absolute atomic E-state index is 0.0811. The van der Waals surface area contributed by atoms with E-state index < -0.39 is 0 Å². The van der Waals surface area contributed by atoms with Gasteiger partial charge in [0.15, 0.2) is 0 Å². The van der Waals surface area contributed by atoms with Crippen LogP contribution in [0.15, 0.2) is 21.5 Å². The molecule has 0 aromatic rings. The zero-order valence-electron chi connectivity index (χ0n) is 6.56. The number of unbranched alkanes of at least 4 members (excludes halogenated alkanes) is 1. The van der Waals surface area contributed by atoms with E-state index in [2.05, 4.69) is 25.2 Å². The molecule has 10 heavy (non-hydrogen) atoms. The molecule has 0 aromatic heterocycles. The molecule has 1 aliphatic rings. The molecule has 0 bridgehead atoms. The van der Waals surface area contributed by atoms with Crippen molar-refractivity contribution in [3.63, 3.8) is 0 Å². The number of rotatable bonds is 4. The molecule has 0 atom stereocenters. The van der Waals surface area contributed by atoms with Crippen molar-refractivity contribution in [2.75, 3.05) is 0 Å². The Bertz CT molecular complexity index is 145. The predicted molar refractivity (Wildman–Crippen MR) is 41.6 cm³/mol. The first-order valence-corrected chi connectivity index (χ1v) is 6.99. The van der Waals surface area contributed by atoms with Gasteiger partial charge in [0.1, 0.15) is 0 Å². The van der Waals surface area contributed by atoms with Crippen LogP contribution in [-0.4, -0.2) is 0 Å². The minimum atomic E-state index is -0.0811. The summed E-state index contributed by atoms with van der Waals surface area (Å²) in [7, 11) is 0. The second kappa shape index (κ2) is 5.07. The standard InChI is InChI=1S/C5H5.C4H9.Zr/c1-2-4-5-3-1;1-3-4-2;/h1-3H,4H2;1,3-4H2,2H3;. The van der Waals surface area contributed by atoms with Crippen LogP contribution in [0.25, 0.3) is 0 Å². The third-order valence-corrected chi connectivity index (χ3v) is 5.16. The average molecular weight is 213 g/mol. The first-order valence-electron chi connectivity index (χ1n) is 4.03. The van der Waals surface area contributed by atoms with Gasteiger partial charge in [-0.25, -0.2) is 0 Å². The summed E-state index contributed by atoms with van der Waals surface area (Å²) in [6.07, 6.45) is 11.0. The Labute approximate surface area is 75.0 Å². The fourth-order valence-electron chi connectivity index (χ4n) is 1.00. The van der Waals surface area contributed by atoms with Gasteiger partial charge in [0.05, 0.1) is 0 Å². The molecule has 0 spiro atoms. The van der Waals surface area contributed by atoms with Crippen LogP contribution < -0.4 is 0 Å². The van der Waals surface area contributed by atoms with Crippen LogP contribution in [0.2, 0.25) is 4.13 Å². The molecule has 0 unspecified atom stereocenters. The zero-order chi connectivity index (χ0) is 7.23. The molecule has 0 nitrogen and oxygen atoms in total. The summed E-state index contributed by atoms with van der Waals surface area (Å²) in [5, 5.41) is 0. The van der Waals surface area contributed by atoms with Crippen LogP contribution in [0.5, 0.6) is 0 Å². The molecule has 0 radical (unpaired) electrons. The van der Waals surface area contributed by atoms with Crippen molar-refractivity contribution >= 4 is 0 Å². The first-order chi connectivity index (χ1) is 4.93. The first kappa shape index (κ1) is 8.46. The van der Waals surface area contributed by atoms with Gasteiger partial charge in [0, 0.05) is 0 Å². The van der Waals surface area contributed by atoms with E-state index in [9.17, 15) is 0 Å². The van der Waals surface area contributed by atoms with Crippen LogP contribution in [0.4, 0.5) is 0 Å². The SMILES string of the molecule is CCC[CH2][Zr][C]1=CC=CC1. The second-order valence-electron chi connectivity index (χ2n) is 2.60. The fraction of sp³-hybridized carbons (Fsp3) is 0.556. The van der Waals surface area contributed by atoms with Gasteiger partial charge in [-0.1, -0.05) is 0 Å². The van der Waals surface area contributed by atoms with Crippen LogP contribution in [0.3, 0.4) is 0 Å². The maximum absolute atomic E-state index is 2.34. The summed E-state index contributed by atoms with van der Waals surface area (Å²) in [5.74, 6) is 0. The summed E-state index contributed by atoms with van der Waals surface area (Å²) in [4.78, 5) is 0. The van der Waals surface area contributed by atoms with E-state index in [0.29, 0.717) is 0 Å². The predicted octanol–water partition coefficient (Wildman–Crippen LogP) is 3.13. The van der Waals surface area contributed by atoms with E-state index in [-0.39, 0.29) is 23.2 Å². The van der Waals surface area contributed by atoms with E-state index in [0.717, 1.165) is 0 Å². The summed E-state index contributed by atoms with van der Waals surface area (Å²) < 4.78 is 3.34. The summed E-state index contributed by atoms with van der Waals surface area (Å²) in [5.41, 5.74) is 0. The van der Waals surface area contributed by atoms with E-state index >= 15 is 0 Å². The van der Waals surface area contributed by atoms with Gasteiger partial charge in [-0.3, -0.25) is 0 Å². The molecule has 0 N–H and O–H groups in total. The van der Waals surface area contributed by atoms with Crippen LogP contribution >= 0.6 is 0 Å². The molecule has 1 rings (SSSR count). The van der Waals surface area contributed by atoms with Crippen molar-refractivity contribution in [3.8, 4) is 0 Å². The van der Waals surface area contributed by atoms with Crippen LogP contribution in [0.1, 0.15) is 26.2 Å². The van der Waals surface area contributed by atoms with Crippen molar-refractivity contribution in [1.82, 2.24) is 0 Å². The van der Waals surface area contributed by atoms with Gasteiger partial charge in [-0.05, 0) is 0 Å². The molecule has 0 fully saturated rings. The van der Waals surface area contributed by atoms with Gasteiger partial charge in [-0.15, -0.1) is 0 Å². The average Bonchev–Trinajstić information content (AvgIpc) is 2.41. The third-order valence-electron chi connectivity index (χ3n) is 1.65. The topological polar surface area (TPSA) is 0 Å². The summed E-state index contributed by atoms with van der Waals surface area (Å²) >= 11 is -0.0811. The molecule has 0 saturated carbocycles.